The van der Waals surface area contributed by atoms with Gasteiger partial charge in [0.15, 0.2) is 0 Å². The summed E-state index contributed by atoms with van der Waals surface area (Å²) in [4.78, 5) is 0. The molecule has 0 spiro atoms. The highest BCUT2D eigenvalue weighted by Gasteiger charge is 2.20. The highest BCUT2D eigenvalue weighted by atomic mass is 35.5. The van der Waals surface area contributed by atoms with Crippen LogP contribution in [0.2, 0.25) is 5.02 Å². The van der Waals surface area contributed by atoms with Crippen LogP contribution in [-0.2, 0) is 6.42 Å². The molecule has 1 aromatic rings. The van der Waals surface area contributed by atoms with Crippen LogP contribution < -0.4 is 11.3 Å². The van der Waals surface area contributed by atoms with Crippen LogP contribution in [0.5, 0.6) is 0 Å². The van der Waals surface area contributed by atoms with E-state index in [0.717, 1.165) is 18.4 Å². The molecule has 19 heavy (non-hydrogen) atoms. The molecule has 0 aromatic heterocycles. The van der Waals surface area contributed by atoms with E-state index < -0.39 is 0 Å². The zero-order valence-corrected chi connectivity index (χ0v) is 12.5. The highest BCUT2D eigenvalue weighted by molar-refractivity contribution is 6.31. The summed E-state index contributed by atoms with van der Waals surface area (Å²) in [7, 11) is 0. The molecule has 1 rings (SSSR count). The minimum absolute atomic E-state index is 0.135. The van der Waals surface area contributed by atoms with Gasteiger partial charge >= 0.3 is 0 Å². The Kier molecular flexibility index (Phi) is 7.36. The number of nitrogens with two attached hydrogens (primary N) is 1. The lowest BCUT2D eigenvalue weighted by Gasteiger charge is -2.26. The fraction of sp³-hybridized carbons (Fsp3) is 0.600. The lowest BCUT2D eigenvalue weighted by atomic mass is 9.88. The molecule has 0 fully saturated rings. The molecule has 2 atom stereocenters. The van der Waals surface area contributed by atoms with Crippen LogP contribution in [0.3, 0.4) is 0 Å². The van der Waals surface area contributed by atoms with Crippen molar-refractivity contribution in [3.05, 3.63) is 34.6 Å². The molecular formula is C15H24ClFN2. The van der Waals surface area contributed by atoms with E-state index in [4.69, 9.17) is 17.4 Å². The van der Waals surface area contributed by atoms with Crippen LogP contribution in [0.15, 0.2) is 18.2 Å². The van der Waals surface area contributed by atoms with Crippen molar-refractivity contribution in [2.75, 3.05) is 0 Å². The minimum Gasteiger partial charge on any atom is -0.271 e. The highest BCUT2D eigenvalue weighted by Crippen LogP contribution is 2.25. The van der Waals surface area contributed by atoms with Gasteiger partial charge in [-0.25, -0.2) is 4.39 Å². The quantitative estimate of drug-likeness (QED) is 0.558. The Hall–Kier alpha value is -0.640. The van der Waals surface area contributed by atoms with E-state index in [1.807, 2.05) is 6.07 Å². The molecule has 0 amide bonds. The summed E-state index contributed by atoms with van der Waals surface area (Å²) in [5, 5.41) is 0.216. The maximum Gasteiger partial charge on any atom is 0.142 e. The molecule has 2 nitrogen and oxygen atoms in total. The van der Waals surface area contributed by atoms with E-state index in [9.17, 15) is 4.39 Å². The zero-order valence-electron chi connectivity index (χ0n) is 11.8. The molecule has 3 N–H and O–H groups in total. The van der Waals surface area contributed by atoms with E-state index >= 15 is 0 Å². The van der Waals surface area contributed by atoms with E-state index in [1.54, 1.807) is 6.07 Å². The van der Waals surface area contributed by atoms with Gasteiger partial charge in [0.2, 0.25) is 0 Å². The van der Waals surface area contributed by atoms with Gasteiger partial charge in [0.1, 0.15) is 5.82 Å². The number of hydrogen-bond acceptors (Lipinski definition) is 2. The van der Waals surface area contributed by atoms with Gasteiger partial charge in [-0.2, -0.15) is 0 Å². The Morgan fingerprint density at radius 3 is 2.68 bits per heavy atom. The molecular weight excluding hydrogens is 263 g/mol. The van der Waals surface area contributed by atoms with Gasteiger partial charge in [0.25, 0.3) is 0 Å². The topological polar surface area (TPSA) is 38.0 Å². The molecule has 2 unspecified atom stereocenters. The largest absolute Gasteiger partial charge is 0.271 e. The Morgan fingerprint density at radius 2 is 2.11 bits per heavy atom. The van der Waals surface area contributed by atoms with Gasteiger partial charge in [-0.3, -0.25) is 11.3 Å². The zero-order chi connectivity index (χ0) is 14.3. The molecule has 0 radical (unpaired) electrons. The van der Waals surface area contributed by atoms with Crippen LogP contribution in [0.25, 0.3) is 0 Å². The van der Waals surface area contributed by atoms with Gasteiger partial charge in [-0.1, -0.05) is 56.8 Å². The van der Waals surface area contributed by atoms with E-state index in [0.29, 0.717) is 12.3 Å². The van der Waals surface area contributed by atoms with E-state index in [1.165, 1.54) is 18.9 Å². The van der Waals surface area contributed by atoms with Gasteiger partial charge < -0.3 is 0 Å². The summed E-state index contributed by atoms with van der Waals surface area (Å²) in [6.45, 7) is 4.35. The molecule has 0 saturated carbocycles. The van der Waals surface area contributed by atoms with Gasteiger partial charge in [-0.05, 0) is 30.4 Å². The SMILES string of the molecule is CCCCC(CC)C(Cc1cccc(F)c1Cl)NN. The summed E-state index contributed by atoms with van der Waals surface area (Å²) in [6.07, 6.45) is 5.22. The summed E-state index contributed by atoms with van der Waals surface area (Å²) >= 11 is 6.00. The lowest BCUT2D eigenvalue weighted by molar-refractivity contribution is 0.318. The third-order valence-electron chi connectivity index (χ3n) is 3.71. The van der Waals surface area contributed by atoms with Crippen molar-refractivity contribution in [3.8, 4) is 0 Å². The minimum atomic E-state index is -0.364. The maximum absolute atomic E-state index is 13.4. The standard InChI is InChI=1S/C15H24ClFN2/c1-3-5-7-11(4-2)14(19-18)10-12-8-6-9-13(17)15(12)16/h6,8-9,11,14,19H,3-5,7,10,18H2,1-2H3. The first-order valence-corrected chi connectivity index (χ1v) is 7.40. The predicted molar refractivity (Wildman–Crippen MR) is 79.5 cm³/mol. The van der Waals surface area contributed by atoms with Crippen molar-refractivity contribution >= 4 is 11.6 Å². The predicted octanol–water partition coefficient (Wildman–Crippen LogP) is 4.07. The first-order valence-electron chi connectivity index (χ1n) is 7.03. The van der Waals surface area contributed by atoms with Crippen LogP contribution in [0, 0.1) is 11.7 Å². The van der Waals surface area contributed by atoms with Gasteiger partial charge in [0.05, 0.1) is 5.02 Å². The summed E-state index contributed by atoms with van der Waals surface area (Å²) < 4.78 is 13.4. The number of hydrogen-bond donors (Lipinski definition) is 2. The second-order valence-corrected chi connectivity index (χ2v) is 5.38. The van der Waals surface area contributed by atoms with Crippen molar-refractivity contribution in [1.29, 1.82) is 0 Å². The van der Waals surface area contributed by atoms with E-state index in [-0.39, 0.29) is 16.9 Å². The molecule has 108 valence electrons. The lowest BCUT2D eigenvalue weighted by Crippen LogP contribution is -2.42. The van der Waals surface area contributed by atoms with Crippen LogP contribution >= 0.6 is 11.6 Å². The van der Waals surface area contributed by atoms with Crippen LogP contribution in [0.1, 0.15) is 45.1 Å². The van der Waals surface area contributed by atoms with Gasteiger partial charge in [-0.15, -0.1) is 0 Å². The molecule has 4 heteroatoms. The van der Waals surface area contributed by atoms with Gasteiger partial charge in [0, 0.05) is 6.04 Å². The smallest absolute Gasteiger partial charge is 0.142 e. The first-order chi connectivity index (χ1) is 9.13. The Morgan fingerprint density at radius 1 is 1.37 bits per heavy atom. The normalized spacial score (nSPS) is 14.4. The molecule has 0 aliphatic carbocycles. The number of nitrogens with one attached hydrogen (secondary N) is 1. The van der Waals surface area contributed by atoms with Crippen molar-refractivity contribution in [3.63, 3.8) is 0 Å². The average Bonchev–Trinajstić information content (AvgIpc) is 2.42. The number of benzene rings is 1. The summed E-state index contributed by atoms with van der Waals surface area (Å²) in [6, 6.07) is 5.07. The molecule has 1 aromatic carbocycles. The fourth-order valence-corrected chi connectivity index (χ4v) is 2.66. The summed E-state index contributed by atoms with van der Waals surface area (Å²) in [5.41, 5.74) is 3.70. The molecule has 0 aliphatic heterocycles. The third-order valence-corrected chi connectivity index (χ3v) is 4.13. The number of unbranched alkanes of at least 4 members (excludes halogenated alkanes) is 1. The monoisotopic (exact) mass is 286 g/mol. The number of hydrazine groups is 1. The number of halogens is 2. The second-order valence-electron chi connectivity index (χ2n) is 5.00. The molecule has 0 saturated heterocycles. The van der Waals surface area contributed by atoms with Crippen molar-refractivity contribution in [2.45, 2.75) is 52.0 Å². The second kappa shape index (κ2) is 8.51. The summed E-state index contributed by atoms with van der Waals surface area (Å²) in [5.74, 6) is 5.80. The Balaban J connectivity index is 2.77. The van der Waals surface area contributed by atoms with Crippen LogP contribution in [0.4, 0.5) is 4.39 Å². The van der Waals surface area contributed by atoms with Crippen LogP contribution in [-0.4, -0.2) is 6.04 Å². The van der Waals surface area contributed by atoms with Crippen molar-refractivity contribution in [2.24, 2.45) is 11.8 Å². The fourth-order valence-electron chi connectivity index (χ4n) is 2.46. The Bertz CT molecular complexity index is 384. The molecule has 0 bridgehead atoms. The Labute approximate surface area is 120 Å². The molecule has 0 aliphatic rings. The molecule has 0 heterocycles. The maximum atomic E-state index is 13.4. The van der Waals surface area contributed by atoms with Crippen molar-refractivity contribution < 1.29 is 4.39 Å². The van der Waals surface area contributed by atoms with E-state index in [2.05, 4.69) is 19.3 Å². The number of rotatable bonds is 8. The van der Waals surface area contributed by atoms with Crippen molar-refractivity contribution in [1.82, 2.24) is 5.43 Å². The third kappa shape index (κ3) is 4.75. The first kappa shape index (κ1) is 16.4. The average molecular weight is 287 g/mol.